The van der Waals surface area contributed by atoms with Crippen molar-refractivity contribution in [3.8, 4) is 0 Å². The molecule has 0 amide bonds. The molecule has 29 heavy (non-hydrogen) atoms. The second kappa shape index (κ2) is 8.77. The molecular formula is C21H27FN4O2S. The molecule has 156 valence electrons. The first-order valence-electron chi connectivity index (χ1n) is 10.2. The number of pyridine rings is 1. The van der Waals surface area contributed by atoms with Crippen LogP contribution in [0.15, 0.2) is 47.5 Å². The smallest absolute Gasteiger partial charge is 0.244 e. The number of aromatic nitrogens is 1. The molecule has 1 aromatic carbocycles. The molecule has 2 fully saturated rings. The van der Waals surface area contributed by atoms with Gasteiger partial charge in [-0.3, -0.25) is 4.90 Å². The van der Waals surface area contributed by atoms with Crippen LogP contribution in [0.4, 0.5) is 10.2 Å². The highest BCUT2D eigenvalue weighted by Gasteiger charge is 2.27. The first-order valence-corrected chi connectivity index (χ1v) is 11.6. The van der Waals surface area contributed by atoms with Crippen LogP contribution in [0.1, 0.15) is 24.8 Å². The predicted molar refractivity (Wildman–Crippen MR) is 111 cm³/mol. The third-order valence-electron chi connectivity index (χ3n) is 5.66. The number of sulfonamides is 1. The van der Waals surface area contributed by atoms with Crippen molar-refractivity contribution in [2.75, 3.05) is 44.2 Å². The number of hydrogen-bond acceptors (Lipinski definition) is 5. The van der Waals surface area contributed by atoms with Crippen LogP contribution in [0.5, 0.6) is 0 Å². The van der Waals surface area contributed by atoms with Crippen LogP contribution < -0.4 is 4.90 Å². The molecule has 3 heterocycles. The van der Waals surface area contributed by atoms with E-state index in [9.17, 15) is 12.8 Å². The van der Waals surface area contributed by atoms with Crippen LogP contribution in [0.25, 0.3) is 0 Å². The van der Waals surface area contributed by atoms with Gasteiger partial charge in [0.05, 0.1) is 0 Å². The quantitative estimate of drug-likeness (QED) is 0.747. The first kappa shape index (κ1) is 20.3. The van der Waals surface area contributed by atoms with Crippen molar-refractivity contribution in [1.82, 2.24) is 14.2 Å². The number of benzene rings is 1. The maximum atomic E-state index is 13.1. The molecule has 0 saturated carbocycles. The summed E-state index contributed by atoms with van der Waals surface area (Å²) in [5.41, 5.74) is 1.11. The Morgan fingerprint density at radius 1 is 0.862 bits per heavy atom. The van der Waals surface area contributed by atoms with Gasteiger partial charge in [-0.25, -0.2) is 17.8 Å². The third kappa shape index (κ3) is 4.76. The molecule has 2 aliphatic rings. The third-order valence-corrected chi connectivity index (χ3v) is 7.54. The lowest BCUT2D eigenvalue weighted by Crippen LogP contribution is -2.31. The van der Waals surface area contributed by atoms with Gasteiger partial charge in [0.15, 0.2) is 0 Å². The van der Waals surface area contributed by atoms with Crippen molar-refractivity contribution in [3.63, 3.8) is 0 Å². The summed E-state index contributed by atoms with van der Waals surface area (Å²) in [5, 5.41) is 0. The first-order chi connectivity index (χ1) is 14.0. The lowest BCUT2D eigenvalue weighted by molar-refractivity contribution is 0.285. The Morgan fingerprint density at radius 3 is 2.31 bits per heavy atom. The molecule has 0 atom stereocenters. The van der Waals surface area contributed by atoms with Crippen LogP contribution >= 0.6 is 0 Å². The van der Waals surface area contributed by atoms with E-state index in [0.717, 1.165) is 63.4 Å². The number of halogens is 1. The SMILES string of the molecule is O=S(=O)(c1ccc(N2CCCN(Cc3ccc(F)cc3)CC2)nc1)N1CCCC1. The molecule has 0 aliphatic carbocycles. The normalized spacial score (nSPS) is 19.4. The van der Waals surface area contributed by atoms with Crippen molar-refractivity contribution >= 4 is 15.8 Å². The van der Waals surface area contributed by atoms with Gasteiger partial charge in [-0.2, -0.15) is 4.31 Å². The van der Waals surface area contributed by atoms with E-state index in [0.29, 0.717) is 13.1 Å². The fourth-order valence-electron chi connectivity index (χ4n) is 4.00. The highest BCUT2D eigenvalue weighted by Crippen LogP contribution is 2.22. The van der Waals surface area contributed by atoms with Gasteiger partial charge < -0.3 is 4.90 Å². The molecule has 2 saturated heterocycles. The van der Waals surface area contributed by atoms with Gasteiger partial charge in [0, 0.05) is 52.0 Å². The van der Waals surface area contributed by atoms with Crippen LogP contribution in [0, 0.1) is 5.82 Å². The van der Waals surface area contributed by atoms with Gasteiger partial charge >= 0.3 is 0 Å². The van der Waals surface area contributed by atoms with E-state index in [1.54, 1.807) is 10.4 Å². The summed E-state index contributed by atoms with van der Waals surface area (Å²) >= 11 is 0. The standard InChI is InChI=1S/C21H27FN4O2S/c22-19-6-4-18(5-7-19)17-24-10-3-11-25(15-14-24)21-9-8-20(16-23-21)29(27,28)26-12-1-2-13-26/h4-9,16H,1-3,10-15,17H2. The van der Waals surface area contributed by atoms with Crippen molar-refractivity contribution in [2.45, 2.75) is 30.7 Å². The second-order valence-electron chi connectivity index (χ2n) is 7.71. The Hall–Kier alpha value is -2.03. The topological polar surface area (TPSA) is 56.8 Å². The minimum absolute atomic E-state index is 0.211. The highest BCUT2D eigenvalue weighted by molar-refractivity contribution is 7.89. The van der Waals surface area contributed by atoms with E-state index >= 15 is 0 Å². The molecule has 0 unspecified atom stereocenters. The van der Waals surface area contributed by atoms with Gasteiger partial charge in [-0.05, 0) is 49.1 Å². The highest BCUT2D eigenvalue weighted by atomic mass is 32.2. The minimum atomic E-state index is -3.42. The summed E-state index contributed by atoms with van der Waals surface area (Å²) in [4.78, 5) is 9.30. The molecule has 2 aliphatic heterocycles. The zero-order chi connectivity index (χ0) is 20.3. The van der Waals surface area contributed by atoms with Crippen LogP contribution in [-0.2, 0) is 16.6 Å². The molecular weight excluding hydrogens is 391 g/mol. The van der Waals surface area contributed by atoms with E-state index in [1.165, 1.54) is 18.3 Å². The van der Waals surface area contributed by atoms with E-state index in [1.807, 2.05) is 18.2 Å². The fraction of sp³-hybridized carbons (Fsp3) is 0.476. The molecule has 2 aromatic rings. The Balaban J connectivity index is 1.38. The van der Waals surface area contributed by atoms with Crippen LogP contribution in [0.3, 0.4) is 0 Å². The maximum Gasteiger partial charge on any atom is 0.244 e. The summed E-state index contributed by atoms with van der Waals surface area (Å²) in [6, 6.07) is 10.2. The average Bonchev–Trinajstić information content (AvgIpc) is 3.18. The van der Waals surface area contributed by atoms with E-state index < -0.39 is 10.0 Å². The molecule has 6 nitrogen and oxygen atoms in total. The molecule has 4 rings (SSSR count). The Kier molecular flexibility index (Phi) is 6.12. The van der Waals surface area contributed by atoms with Crippen LogP contribution in [-0.4, -0.2) is 61.9 Å². The Labute approximate surface area is 172 Å². The molecule has 0 radical (unpaired) electrons. The van der Waals surface area contributed by atoms with Gasteiger partial charge in [0.25, 0.3) is 0 Å². The van der Waals surface area contributed by atoms with Crippen molar-refractivity contribution in [1.29, 1.82) is 0 Å². The van der Waals surface area contributed by atoms with E-state index in [-0.39, 0.29) is 10.7 Å². The summed E-state index contributed by atoms with van der Waals surface area (Å²) in [5.74, 6) is 0.603. The van der Waals surface area contributed by atoms with Crippen molar-refractivity contribution < 1.29 is 12.8 Å². The fourth-order valence-corrected chi connectivity index (χ4v) is 5.46. The van der Waals surface area contributed by atoms with Crippen molar-refractivity contribution in [2.24, 2.45) is 0 Å². The maximum absolute atomic E-state index is 13.1. The number of hydrogen-bond donors (Lipinski definition) is 0. The lowest BCUT2D eigenvalue weighted by Gasteiger charge is -2.23. The minimum Gasteiger partial charge on any atom is -0.355 e. The lowest BCUT2D eigenvalue weighted by atomic mass is 10.2. The number of rotatable bonds is 5. The number of anilines is 1. The zero-order valence-corrected chi connectivity index (χ0v) is 17.3. The van der Waals surface area contributed by atoms with Gasteiger partial charge in [-0.15, -0.1) is 0 Å². The van der Waals surface area contributed by atoms with Crippen LogP contribution in [0.2, 0.25) is 0 Å². The summed E-state index contributed by atoms with van der Waals surface area (Å²) in [6.45, 7) is 5.55. The van der Waals surface area contributed by atoms with Crippen molar-refractivity contribution in [3.05, 3.63) is 54.0 Å². The van der Waals surface area contributed by atoms with Gasteiger partial charge in [0.2, 0.25) is 10.0 Å². The average molecular weight is 419 g/mol. The molecule has 0 bridgehead atoms. The monoisotopic (exact) mass is 418 g/mol. The zero-order valence-electron chi connectivity index (χ0n) is 16.5. The molecule has 0 N–H and O–H groups in total. The molecule has 0 spiro atoms. The Morgan fingerprint density at radius 2 is 1.62 bits per heavy atom. The van der Waals surface area contributed by atoms with E-state index in [4.69, 9.17) is 0 Å². The molecule has 8 heteroatoms. The molecule has 1 aromatic heterocycles. The second-order valence-corrected chi connectivity index (χ2v) is 9.64. The predicted octanol–water partition coefficient (Wildman–Crippen LogP) is 2.72. The summed E-state index contributed by atoms with van der Waals surface area (Å²) < 4.78 is 39.9. The largest absolute Gasteiger partial charge is 0.355 e. The Bertz CT molecular complexity index is 913. The summed E-state index contributed by atoms with van der Waals surface area (Å²) in [7, 11) is -3.42. The van der Waals surface area contributed by atoms with Gasteiger partial charge in [-0.1, -0.05) is 12.1 Å². The van der Waals surface area contributed by atoms with Gasteiger partial charge in [0.1, 0.15) is 16.5 Å². The number of nitrogens with zero attached hydrogens (tertiary/aromatic N) is 4. The summed E-state index contributed by atoms with van der Waals surface area (Å²) in [6.07, 6.45) is 4.33. The van der Waals surface area contributed by atoms with E-state index in [2.05, 4.69) is 14.8 Å².